The lowest BCUT2D eigenvalue weighted by molar-refractivity contribution is -0.143. The van der Waals surface area contributed by atoms with Crippen molar-refractivity contribution in [1.82, 2.24) is 5.32 Å². The summed E-state index contributed by atoms with van der Waals surface area (Å²) in [6, 6.07) is -0.872. The third-order valence-corrected chi connectivity index (χ3v) is 4.23. The number of carboxylic acids is 1. The van der Waals surface area contributed by atoms with E-state index in [1.165, 1.54) is 0 Å². The van der Waals surface area contributed by atoms with Crippen LogP contribution in [0.3, 0.4) is 0 Å². The number of hydrogen-bond acceptors (Lipinski definition) is 3. The molecule has 3 atom stereocenters. The van der Waals surface area contributed by atoms with Gasteiger partial charge in [-0.15, -0.1) is 0 Å². The van der Waals surface area contributed by atoms with Gasteiger partial charge < -0.3 is 10.4 Å². The van der Waals surface area contributed by atoms with Crippen molar-refractivity contribution in [2.45, 2.75) is 58.9 Å². The summed E-state index contributed by atoms with van der Waals surface area (Å²) in [5, 5.41) is 11.7. The monoisotopic (exact) mass is 309 g/mol. The Labute approximate surface area is 132 Å². The van der Waals surface area contributed by atoms with Crippen molar-refractivity contribution in [2.75, 3.05) is 0 Å². The number of Topliss-reactive ketones (excluding diaryl/α,β-unsaturated/α-hetero) is 1. The van der Waals surface area contributed by atoms with Gasteiger partial charge in [0, 0.05) is 18.8 Å². The van der Waals surface area contributed by atoms with Crippen LogP contribution in [0, 0.1) is 17.8 Å². The third-order valence-electron chi connectivity index (χ3n) is 4.23. The average molecular weight is 309 g/mol. The largest absolute Gasteiger partial charge is 0.480 e. The second-order valence-corrected chi connectivity index (χ2v) is 6.32. The molecule has 1 aliphatic carbocycles. The van der Waals surface area contributed by atoms with E-state index in [0.29, 0.717) is 12.8 Å². The Morgan fingerprint density at radius 3 is 2.59 bits per heavy atom. The van der Waals surface area contributed by atoms with Gasteiger partial charge in [0.15, 0.2) is 0 Å². The molecule has 2 N–H and O–H groups in total. The summed E-state index contributed by atoms with van der Waals surface area (Å²) < 4.78 is 0. The van der Waals surface area contributed by atoms with Gasteiger partial charge in [0.25, 0.3) is 0 Å². The Kier molecular flexibility index (Phi) is 7.28. The second-order valence-electron chi connectivity index (χ2n) is 6.32. The highest BCUT2D eigenvalue weighted by Gasteiger charge is 2.35. The first-order valence-electron chi connectivity index (χ1n) is 8.06. The van der Waals surface area contributed by atoms with Crippen LogP contribution < -0.4 is 5.32 Å². The third kappa shape index (κ3) is 5.28. The number of aliphatic carboxylic acids is 1. The van der Waals surface area contributed by atoms with Crippen molar-refractivity contribution in [3.8, 4) is 0 Å². The van der Waals surface area contributed by atoms with Crippen molar-refractivity contribution in [1.29, 1.82) is 0 Å². The highest BCUT2D eigenvalue weighted by molar-refractivity contribution is 5.87. The topological polar surface area (TPSA) is 83.5 Å². The van der Waals surface area contributed by atoms with Gasteiger partial charge in [-0.25, -0.2) is 4.79 Å². The number of ketones is 1. The maximum atomic E-state index is 12.1. The Morgan fingerprint density at radius 1 is 1.36 bits per heavy atom. The first-order valence-corrected chi connectivity index (χ1v) is 8.06. The van der Waals surface area contributed by atoms with Crippen LogP contribution in [0.25, 0.3) is 0 Å². The van der Waals surface area contributed by atoms with Crippen LogP contribution >= 0.6 is 0 Å². The van der Waals surface area contributed by atoms with E-state index in [4.69, 9.17) is 5.11 Å². The molecule has 1 amide bonds. The zero-order chi connectivity index (χ0) is 16.7. The second kappa shape index (κ2) is 8.71. The molecule has 1 fully saturated rings. The molecule has 0 bridgehead atoms. The summed E-state index contributed by atoms with van der Waals surface area (Å²) in [5.74, 6) is -1.32. The quantitative estimate of drug-likeness (QED) is 0.675. The van der Waals surface area contributed by atoms with Gasteiger partial charge in [-0.1, -0.05) is 32.9 Å². The van der Waals surface area contributed by atoms with Gasteiger partial charge in [0.1, 0.15) is 11.8 Å². The molecule has 0 radical (unpaired) electrons. The molecule has 1 saturated carbocycles. The van der Waals surface area contributed by atoms with Gasteiger partial charge in [-0.05, 0) is 31.1 Å². The summed E-state index contributed by atoms with van der Waals surface area (Å²) >= 11 is 0. The molecule has 0 unspecified atom stereocenters. The normalized spacial score (nSPS) is 23.2. The van der Waals surface area contributed by atoms with E-state index in [0.717, 1.165) is 12.8 Å². The number of allylic oxidation sites excluding steroid dienone is 2. The van der Waals surface area contributed by atoms with Crippen LogP contribution in [0.2, 0.25) is 0 Å². The Morgan fingerprint density at radius 2 is 2.05 bits per heavy atom. The minimum absolute atomic E-state index is 0.0237. The van der Waals surface area contributed by atoms with E-state index in [1.54, 1.807) is 13.8 Å². The molecular weight excluding hydrogens is 282 g/mol. The van der Waals surface area contributed by atoms with Crippen molar-refractivity contribution in [3.63, 3.8) is 0 Å². The number of rotatable bonds is 8. The van der Waals surface area contributed by atoms with Gasteiger partial charge in [-0.2, -0.15) is 0 Å². The fraction of sp³-hybridized carbons (Fsp3) is 0.706. The summed E-state index contributed by atoms with van der Waals surface area (Å²) in [7, 11) is 0. The van der Waals surface area contributed by atoms with E-state index >= 15 is 0 Å². The maximum Gasteiger partial charge on any atom is 0.326 e. The number of carbonyl (C=O) groups is 3. The Balaban J connectivity index is 2.60. The first-order chi connectivity index (χ1) is 10.4. The molecule has 0 aliphatic heterocycles. The molecule has 0 aromatic rings. The lowest BCUT2D eigenvalue weighted by atomic mass is 9.89. The van der Waals surface area contributed by atoms with E-state index in [2.05, 4.69) is 5.32 Å². The summed E-state index contributed by atoms with van der Waals surface area (Å²) in [6.07, 6.45) is 7.12. The van der Waals surface area contributed by atoms with Crippen molar-refractivity contribution in [2.24, 2.45) is 17.8 Å². The molecule has 5 heteroatoms. The molecule has 124 valence electrons. The number of carboxylic acid groups (broad SMARTS) is 1. The number of nitrogens with one attached hydrogen (secondary N) is 1. The molecule has 1 rings (SSSR count). The van der Waals surface area contributed by atoms with Crippen molar-refractivity contribution < 1.29 is 19.5 Å². The molecule has 1 aliphatic rings. The van der Waals surface area contributed by atoms with Gasteiger partial charge in [-0.3, -0.25) is 9.59 Å². The van der Waals surface area contributed by atoms with Crippen molar-refractivity contribution in [3.05, 3.63) is 12.2 Å². The predicted octanol–water partition coefficient (Wildman–Crippen LogP) is 2.55. The lowest BCUT2D eigenvalue weighted by Crippen LogP contribution is -2.45. The number of hydrogen-bond donors (Lipinski definition) is 2. The molecule has 0 aromatic carbocycles. The molecule has 22 heavy (non-hydrogen) atoms. The van der Waals surface area contributed by atoms with Crippen LogP contribution in [0.15, 0.2) is 12.2 Å². The highest BCUT2D eigenvalue weighted by Crippen LogP contribution is 2.34. The summed E-state index contributed by atoms with van der Waals surface area (Å²) in [6.45, 7) is 5.56. The minimum Gasteiger partial charge on any atom is -0.480 e. The zero-order valence-electron chi connectivity index (χ0n) is 13.7. The number of carbonyl (C=O) groups excluding carboxylic acids is 2. The molecule has 0 saturated heterocycles. The molecule has 0 heterocycles. The van der Waals surface area contributed by atoms with E-state index in [9.17, 15) is 14.4 Å². The van der Waals surface area contributed by atoms with Crippen LogP contribution in [0.4, 0.5) is 0 Å². The van der Waals surface area contributed by atoms with E-state index < -0.39 is 12.0 Å². The predicted molar refractivity (Wildman–Crippen MR) is 84.3 cm³/mol. The molecule has 0 aromatic heterocycles. The van der Waals surface area contributed by atoms with Crippen LogP contribution in [-0.4, -0.2) is 28.8 Å². The van der Waals surface area contributed by atoms with Crippen LogP contribution in [0.5, 0.6) is 0 Å². The summed E-state index contributed by atoms with van der Waals surface area (Å²) in [4.78, 5) is 35.2. The summed E-state index contributed by atoms with van der Waals surface area (Å²) in [5.41, 5.74) is 0. The van der Waals surface area contributed by atoms with Gasteiger partial charge >= 0.3 is 5.97 Å². The Hall–Kier alpha value is -1.65. The maximum absolute atomic E-state index is 12.1. The highest BCUT2D eigenvalue weighted by atomic mass is 16.4. The smallest absolute Gasteiger partial charge is 0.326 e. The molecule has 5 nitrogen and oxygen atoms in total. The van der Waals surface area contributed by atoms with Gasteiger partial charge in [0.05, 0.1) is 0 Å². The van der Waals surface area contributed by atoms with Crippen LogP contribution in [-0.2, 0) is 14.4 Å². The standard InChI is InChI=1S/C17H27NO4/c1-4-5-6-7-13-12(8-9-14(13)19)10-15(20)18-16(11(2)3)17(21)22/h5-6,11-13,16H,4,7-10H2,1-3H3,(H,18,20)(H,21,22)/b6-5-/t12-,13-,16+/m0/s1. The van der Waals surface area contributed by atoms with Gasteiger partial charge in [0.2, 0.25) is 5.91 Å². The van der Waals surface area contributed by atoms with E-state index in [1.807, 2.05) is 19.1 Å². The first kappa shape index (κ1) is 18.4. The van der Waals surface area contributed by atoms with E-state index in [-0.39, 0.29) is 35.9 Å². The minimum atomic E-state index is -1.02. The number of amides is 1. The molecular formula is C17H27NO4. The molecule has 0 spiro atoms. The lowest BCUT2D eigenvalue weighted by Gasteiger charge is -2.21. The average Bonchev–Trinajstić information content (AvgIpc) is 2.77. The van der Waals surface area contributed by atoms with Crippen LogP contribution in [0.1, 0.15) is 52.9 Å². The fourth-order valence-corrected chi connectivity index (χ4v) is 2.94. The zero-order valence-corrected chi connectivity index (χ0v) is 13.7. The SMILES string of the molecule is CC/C=C\C[C@@H]1C(=O)CC[C@H]1CC(=O)N[C@@H](C(=O)O)C(C)C. The van der Waals surface area contributed by atoms with Crippen molar-refractivity contribution >= 4 is 17.7 Å². The fourth-order valence-electron chi connectivity index (χ4n) is 2.94. The Bertz CT molecular complexity index is 442.